The van der Waals surface area contributed by atoms with Crippen LogP contribution in [0.2, 0.25) is 0 Å². The molecule has 1 aromatic rings. The standard InChI is InChI=1S/C10H12FO.BrH.Zn/c11-8-4-5-9-12-10-6-2-1-3-7-10;;/h1-3,6H,4-5,8-9H2;1H;/q-1;;+2/p-1. The molecule has 4 heteroatoms. The fraction of sp³-hybridized carbons (Fsp3) is 0.400. The van der Waals surface area contributed by atoms with Crippen molar-refractivity contribution < 1.29 is 25.5 Å². The maximum atomic E-state index is 11.7. The van der Waals surface area contributed by atoms with Crippen molar-refractivity contribution in [3.63, 3.8) is 0 Å². The van der Waals surface area contributed by atoms with Crippen molar-refractivity contribution in [3.05, 3.63) is 30.3 Å². The van der Waals surface area contributed by atoms with Crippen LogP contribution in [0.3, 0.4) is 0 Å². The molecule has 0 fully saturated rings. The molecule has 0 aliphatic carbocycles. The Morgan fingerprint density at radius 3 is 2.71 bits per heavy atom. The van der Waals surface area contributed by atoms with Crippen LogP contribution in [0, 0.1) is 6.07 Å². The second-order valence-corrected chi connectivity index (χ2v) is 2.47. The summed E-state index contributed by atoms with van der Waals surface area (Å²) >= 11 is 4.25. The Morgan fingerprint density at radius 1 is 1.36 bits per heavy atom. The second kappa shape index (κ2) is 11.1. The first kappa shape index (κ1) is 14.1. The molecule has 14 heavy (non-hydrogen) atoms. The molecule has 0 aromatic heterocycles. The summed E-state index contributed by atoms with van der Waals surface area (Å²) in [5, 5.41) is 0. The Balaban J connectivity index is 0.000000791. The minimum atomic E-state index is -0.262. The number of unbranched alkanes of at least 4 members (excludes halogenated alkanes) is 1. The van der Waals surface area contributed by atoms with Gasteiger partial charge in [0.15, 0.2) is 0 Å². The normalized spacial score (nSPS) is 8.86. The Morgan fingerprint density at radius 2 is 2.14 bits per heavy atom. The van der Waals surface area contributed by atoms with Gasteiger partial charge in [0.1, 0.15) is 0 Å². The molecule has 1 rings (SSSR count). The number of hydrogen-bond donors (Lipinski definition) is 0. The van der Waals surface area contributed by atoms with E-state index in [9.17, 15) is 4.39 Å². The minimum absolute atomic E-state index is 0.262. The van der Waals surface area contributed by atoms with E-state index in [0.29, 0.717) is 13.0 Å². The average Bonchev–Trinajstić information content (AvgIpc) is 2.29. The zero-order valence-electron chi connectivity index (χ0n) is 8.01. The van der Waals surface area contributed by atoms with Gasteiger partial charge in [-0.25, -0.2) is 0 Å². The topological polar surface area (TPSA) is 9.23 Å². The summed E-state index contributed by atoms with van der Waals surface area (Å²) in [7, 11) is 0. The van der Waals surface area contributed by atoms with Crippen LogP contribution in [-0.4, -0.2) is 13.3 Å². The first-order chi connectivity index (χ1) is 6.93. The summed E-state index contributed by atoms with van der Waals surface area (Å²) in [6, 6.07) is 10.3. The molecule has 0 saturated carbocycles. The summed E-state index contributed by atoms with van der Waals surface area (Å²) in [5.74, 6) is 0.733. The molecule has 0 heterocycles. The van der Waals surface area contributed by atoms with Crippen molar-refractivity contribution >= 4 is 13.6 Å². The molecule has 0 amide bonds. The molecule has 1 nitrogen and oxygen atoms in total. The van der Waals surface area contributed by atoms with Crippen LogP contribution >= 0.6 is 13.6 Å². The van der Waals surface area contributed by atoms with Gasteiger partial charge >= 0.3 is 30.0 Å². The van der Waals surface area contributed by atoms with Gasteiger partial charge in [-0.1, -0.05) is 0 Å². The SMILES string of the molecule is FCCCCOc1[c-]cccc1.[Zn+][Br]. The van der Waals surface area contributed by atoms with Crippen LogP contribution in [-0.2, 0) is 16.3 Å². The third-order valence-electron chi connectivity index (χ3n) is 1.47. The maximum absolute atomic E-state index is 11.7. The number of alkyl halides is 1. The Kier molecular flexibility index (Phi) is 11.2. The summed E-state index contributed by atoms with van der Waals surface area (Å²) < 4.78 is 16.9. The third-order valence-corrected chi connectivity index (χ3v) is 1.47. The molecule has 0 N–H and O–H groups in total. The fourth-order valence-corrected chi connectivity index (χ4v) is 0.845. The van der Waals surface area contributed by atoms with Gasteiger partial charge < -0.3 is 4.74 Å². The first-order valence-corrected chi connectivity index (χ1v) is 11.3. The van der Waals surface area contributed by atoms with E-state index in [2.05, 4.69) is 19.7 Å². The quantitative estimate of drug-likeness (QED) is 0.460. The summed E-state index contributed by atoms with van der Waals surface area (Å²) in [5.41, 5.74) is 0. The van der Waals surface area contributed by atoms with Crippen molar-refractivity contribution in [2.24, 2.45) is 0 Å². The van der Waals surface area contributed by atoms with E-state index < -0.39 is 0 Å². The molecule has 74 valence electrons. The van der Waals surface area contributed by atoms with Crippen LogP contribution in [0.25, 0.3) is 0 Å². The van der Waals surface area contributed by atoms with Gasteiger partial charge in [0.05, 0.1) is 13.3 Å². The second-order valence-electron chi connectivity index (χ2n) is 2.47. The molecule has 0 aliphatic heterocycles. The average molecular weight is 312 g/mol. The number of benzene rings is 1. The van der Waals surface area contributed by atoms with Crippen LogP contribution in [0.4, 0.5) is 4.39 Å². The molecule has 0 aliphatic rings. The van der Waals surface area contributed by atoms with E-state index >= 15 is 0 Å². The van der Waals surface area contributed by atoms with Crippen LogP contribution in [0.5, 0.6) is 5.75 Å². The van der Waals surface area contributed by atoms with Crippen molar-refractivity contribution in [1.82, 2.24) is 0 Å². The predicted octanol–water partition coefficient (Wildman–Crippen LogP) is 3.46. The van der Waals surface area contributed by atoms with Crippen molar-refractivity contribution in [2.75, 3.05) is 13.3 Å². The molecule has 0 unspecified atom stereocenters. The van der Waals surface area contributed by atoms with Crippen molar-refractivity contribution in [2.45, 2.75) is 12.8 Å². The molecule has 0 atom stereocenters. The zero-order chi connectivity index (χ0) is 10.6. The summed E-state index contributed by atoms with van der Waals surface area (Å²) in [4.78, 5) is 0. The van der Waals surface area contributed by atoms with Gasteiger partial charge in [-0.3, -0.25) is 4.39 Å². The number of halogens is 2. The first-order valence-electron chi connectivity index (χ1n) is 4.35. The number of para-hydroxylation sites is 1. The third kappa shape index (κ3) is 7.46. The van der Waals surface area contributed by atoms with Crippen molar-refractivity contribution in [3.8, 4) is 5.75 Å². The fourth-order valence-electron chi connectivity index (χ4n) is 0.845. The molecule has 0 bridgehead atoms. The van der Waals surface area contributed by atoms with Gasteiger partial charge in [-0.15, -0.1) is 12.1 Å². The van der Waals surface area contributed by atoms with Gasteiger partial charge in [0, 0.05) is 5.75 Å². The summed E-state index contributed by atoms with van der Waals surface area (Å²) in [6.45, 7) is 0.312. The Bertz CT molecular complexity index is 209. The van der Waals surface area contributed by atoms with E-state index in [1.54, 1.807) is 6.07 Å². The van der Waals surface area contributed by atoms with E-state index in [-0.39, 0.29) is 6.67 Å². The molecule has 0 radical (unpaired) electrons. The van der Waals surface area contributed by atoms with Gasteiger partial charge in [-0.05, 0) is 12.8 Å². The zero-order valence-corrected chi connectivity index (χ0v) is 12.6. The Hall–Kier alpha value is 0.0534. The van der Waals surface area contributed by atoms with E-state index in [4.69, 9.17) is 4.74 Å². The number of ether oxygens (including phenoxy) is 1. The van der Waals surface area contributed by atoms with Crippen LogP contribution < -0.4 is 4.74 Å². The van der Waals surface area contributed by atoms with Gasteiger partial charge in [0.2, 0.25) is 0 Å². The van der Waals surface area contributed by atoms with Crippen molar-refractivity contribution in [1.29, 1.82) is 0 Å². The van der Waals surface area contributed by atoms with Gasteiger partial charge in [0.25, 0.3) is 0 Å². The molecule has 0 spiro atoms. The molecule has 1 aromatic carbocycles. The van der Waals surface area contributed by atoms with E-state index in [0.717, 1.165) is 12.2 Å². The van der Waals surface area contributed by atoms with E-state index in [1.165, 1.54) is 16.3 Å². The van der Waals surface area contributed by atoms with Gasteiger partial charge in [-0.2, -0.15) is 18.2 Å². The molecular formula is C10H12BrFOZn. The monoisotopic (exact) mass is 310 g/mol. The van der Waals surface area contributed by atoms with Crippen LogP contribution in [0.1, 0.15) is 12.8 Å². The number of hydrogen-bond acceptors (Lipinski definition) is 1. The van der Waals surface area contributed by atoms with Crippen LogP contribution in [0.15, 0.2) is 24.3 Å². The Labute approximate surface area is 101 Å². The predicted molar refractivity (Wildman–Crippen MR) is 54.9 cm³/mol. The number of rotatable bonds is 5. The van der Waals surface area contributed by atoms with E-state index in [1.807, 2.05) is 18.2 Å². The molecule has 0 saturated heterocycles. The molecular weight excluding hydrogens is 300 g/mol. The summed E-state index contributed by atoms with van der Waals surface area (Å²) in [6.07, 6.45) is 1.34.